The molecule has 2 N–H and O–H groups in total. The molecule has 1 aromatic rings. The molecule has 0 spiro atoms. The van der Waals surface area contributed by atoms with Crippen molar-refractivity contribution in [2.75, 3.05) is 33.7 Å². The molecule has 1 saturated carbocycles. The molecule has 21 heavy (non-hydrogen) atoms. The third kappa shape index (κ3) is 3.31. The maximum absolute atomic E-state index is 6.18. The predicted octanol–water partition coefficient (Wildman–Crippen LogP) is 2.59. The van der Waals surface area contributed by atoms with Gasteiger partial charge in [-0.1, -0.05) is 24.3 Å². The lowest BCUT2D eigenvalue weighted by atomic mass is 9.94. The van der Waals surface area contributed by atoms with Gasteiger partial charge in [0, 0.05) is 25.2 Å². The number of benzene rings is 1. The Morgan fingerprint density at radius 1 is 1.29 bits per heavy atom. The first-order valence-electron chi connectivity index (χ1n) is 8.40. The van der Waals surface area contributed by atoms with E-state index in [0.717, 1.165) is 5.92 Å². The molecule has 0 amide bonds. The first-order chi connectivity index (χ1) is 10.2. The lowest BCUT2D eigenvalue weighted by molar-refractivity contribution is 0.101. The molecule has 2 atom stereocenters. The molecule has 0 radical (unpaired) electrons. The number of likely N-dealkylation sites (tertiary alicyclic amines) is 1. The Balaban J connectivity index is 1.80. The lowest BCUT2D eigenvalue weighted by Crippen LogP contribution is -2.47. The monoisotopic (exact) mass is 287 g/mol. The molecular formula is C18H29N3. The van der Waals surface area contributed by atoms with E-state index < -0.39 is 0 Å². The highest BCUT2D eigenvalue weighted by molar-refractivity contribution is 5.36. The summed E-state index contributed by atoms with van der Waals surface area (Å²) in [5.41, 5.74) is 9.20. The van der Waals surface area contributed by atoms with E-state index in [9.17, 15) is 0 Å². The molecule has 1 aliphatic heterocycles. The number of nitrogens with two attached hydrogens (primary N) is 1. The van der Waals surface area contributed by atoms with Crippen molar-refractivity contribution >= 4 is 0 Å². The summed E-state index contributed by atoms with van der Waals surface area (Å²) in [4.78, 5) is 4.99. The molecule has 2 fully saturated rings. The zero-order chi connectivity index (χ0) is 14.8. The quantitative estimate of drug-likeness (QED) is 0.903. The Kier molecular flexibility index (Phi) is 4.63. The lowest BCUT2D eigenvalue weighted by Gasteiger charge is -2.40. The van der Waals surface area contributed by atoms with Crippen LogP contribution in [0.4, 0.5) is 0 Å². The van der Waals surface area contributed by atoms with Crippen LogP contribution in [-0.2, 0) is 0 Å². The van der Waals surface area contributed by atoms with Crippen molar-refractivity contribution in [2.24, 2.45) is 5.73 Å². The number of rotatable bonds is 5. The minimum atomic E-state index is 0.360. The first-order valence-corrected chi connectivity index (χ1v) is 8.40. The molecule has 2 unspecified atom stereocenters. The van der Waals surface area contributed by atoms with Gasteiger partial charge in [0.2, 0.25) is 0 Å². The van der Waals surface area contributed by atoms with Crippen LogP contribution in [0.5, 0.6) is 0 Å². The minimum Gasteiger partial charge on any atom is -0.329 e. The molecular weight excluding hydrogens is 258 g/mol. The smallest absolute Gasteiger partial charge is 0.0473 e. The second-order valence-corrected chi connectivity index (χ2v) is 6.88. The number of nitrogens with zero attached hydrogens (tertiary/aromatic N) is 2. The van der Waals surface area contributed by atoms with Crippen molar-refractivity contribution in [1.82, 2.24) is 9.80 Å². The van der Waals surface area contributed by atoms with E-state index in [1.807, 2.05) is 0 Å². The summed E-state index contributed by atoms with van der Waals surface area (Å²) in [6, 6.07) is 9.96. The van der Waals surface area contributed by atoms with Gasteiger partial charge in [-0.05, 0) is 63.4 Å². The maximum Gasteiger partial charge on any atom is 0.0473 e. The van der Waals surface area contributed by atoms with Crippen molar-refractivity contribution < 1.29 is 0 Å². The fourth-order valence-corrected chi connectivity index (χ4v) is 3.82. The Morgan fingerprint density at radius 2 is 2.05 bits per heavy atom. The average molecular weight is 287 g/mol. The van der Waals surface area contributed by atoms with Crippen molar-refractivity contribution in [3.05, 3.63) is 35.4 Å². The molecule has 3 rings (SSSR count). The summed E-state index contributed by atoms with van der Waals surface area (Å²) < 4.78 is 0. The Labute approximate surface area is 129 Å². The highest BCUT2D eigenvalue weighted by atomic mass is 15.2. The van der Waals surface area contributed by atoms with Crippen molar-refractivity contribution in [3.63, 3.8) is 0 Å². The third-order valence-electron chi connectivity index (χ3n) is 5.26. The van der Waals surface area contributed by atoms with Gasteiger partial charge in [0.05, 0.1) is 0 Å². The van der Waals surface area contributed by atoms with E-state index in [-0.39, 0.29) is 0 Å². The van der Waals surface area contributed by atoms with Gasteiger partial charge >= 0.3 is 0 Å². The maximum atomic E-state index is 6.18. The van der Waals surface area contributed by atoms with Gasteiger partial charge in [-0.2, -0.15) is 0 Å². The summed E-state index contributed by atoms with van der Waals surface area (Å²) in [7, 11) is 4.50. The molecule has 3 nitrogen and oxygen atoms in total. The average Bonchev–Trinajstić information content (AvgIpc) is 3.33. The zero-order valence-electron chi connectivity index (χ0n) is 13.5. The van der Waals surface area contributed by atoms with Gasteiger partial charge < -0.3 is 10.6 Å². The molecule has 2 aliphatic rings. The third-order valence-corrected chi connectivity index (χ3v) is 5.26. The number of piperidine rings is 1. The Morgan fingerprint density at radius 3 is 2.71 bits per heavy atom. The molecule has 116 valence electrons. The van der Waals surface area contributed by atoms with Crippen LogP contribution in [0.15, 0.2) is 24.3 Å². The fourth-order valence-electron chi connectivity index (χ4n) is 3.82. The summed E-state index contributed by atoms with van der Waals surface area (Å²) in [5, 5.41) is 0. The minimum absolute atomic E-state index is 0.360. The van der Waals surface area contributed by atoms with Crippen LogP contribution in [0, 0.1) is 0 Å². The van der Waals surface area contributed by atoms with Crippen molar-refractivity contribution in [3.8, 4) is 0 Å². The first kappa shape index (κ1) is 15.0. The molecule has 1 heterocycles. The van der Waals surface area contributed by atoms with Gasteiger partial charge in [0.15, 0.2) is 0 Å². The molecule has 3 heteroatoms. The van der Waals surface area contributed by atoms with Crippen LogP contribution in [0.25, 0.3) is 0 Å². The van der Waals surface area contributed by atoms with Gasteiger partial charge in [0.25, 0.3) is 0 Å². The summed E-state index contributed by atoms with van der Waals surface area (Å²) in [6.07, 6.45) is 5.30. The van der Waals surface area contributed by atoms with Gasteiger partial charge in [0.1, 0.15) is 0 Å². The van der Waals surface area contributed by atoms with Crippen LogP contribution in [-0.4, -0.2) is 49.6 Å². The SMILES string of the molecule is CN1CCCC(N(C)C(CN)c2ccccc2C2CC2)C1. The van der Waals surface area contributed by atoms with Crippen molar-refractivity contribution in [2.45, 2.75) is 43.7 Å². The zero-order valence-corrected chi connectivity index (χ0v) is 13.5. The highest BCUT2D eigenvalue weighted by Crippen LogP contribution is 2.43. The van der Waals surface area contributed by atoms with Crippen molar-refractivity contribution in [1.29, 1.82) is 0 Å². The molecule has 0 aromatic heterocycles. The van der Waals surface area contributed by atoms with Gasteiger partial charge in [-0.25, -0.2) is 0 Å². The predicted molar refractivity (Wildman–Crippen MR) is 88.5 cm³/mol. The molecule has 1 aliphatic carbocycles. The highest BCUT2D eigenvalue weighted by Gasteiger charge is 2.31. The number of hydrogen-bond acceptors (Lipinski definition) is 3. The van der Waals surface area contributed by atoms with Crippen LogP contribution in [0.2, 0.25) is 0 Å². The van der Waals surface area contributed by atoms with E-state index in [4.69, 9.17) is 5.73 Å². The molecule has 0 bridgehead atoms. The van der Waals surface area contributed by atoms with Gasteiger partial charge in [-0.3, -0.25) is 4.90 Å². The van der Waals surface area contributed by atoms with E-state index in [1.54, 1.807) is 5.56 Å². The summed E-state index contributed by atoms with van der Waals surface area (Å²) in [5.74, 6) is 0.790. The largest absolute Gasteiger partial charge is 0.329 e. The number of hydrogen-bond donors (Lipinski definition) is 1. The van der Waals surface area contributed by atoms with Crippen LogP contribution in [0.3, 0.4) is 0 Å². The second-order valence-electron chi connectivity index (χ2n) is 6.88. The van der Waals surface area contributed by atoms with E-state index in [1.165, 1.54) is 44.3 Å². The summed E-state index contributed by atoms with van der Waals surface area (Å²) in [6.45, 7) is 3.11. The molecule has 1 saturated heterocycles. The fraction of sp³-hybridized carbons (Fsp3) is 0.667. The number of likely N-dealkylation sites (N-methyl/N-ethyl adjacent to an activating group) is 2. The Bertz CT molecular complexity index is 469. The Hall–Kier alpha value is -0.900. The molecule has 1 aromatic carbocycles. The van der Waals surface area contributed by atoms with Crippen LogP contribution < -0.4 is 5.73 Å². The van der Waals surface area contributed by atoms with Crippen LogP contribution >= 0.6 is 0 Å². The standard InChI is InChI=1S/C18H29N3/c1-20-11-5-6-15(13-20)21(2)18(12-19)17-8-4-3-7-16(17)14-9-10-14/h3-4,7-8,14-15,18H,5-6,9-13,19H2,1-2H3. The topological polar surface area (TPSA) is 32.5 Å². The van der Waals surface area contributed by atoms with E-state index >= 15 is 0 Å². The van der Waals surface area contributed by atoms with Crippen LogP contribution in [0.1, 0.15) is 48.8 Å². The normalized spacial score (nSPS) is 25.2. The van der Waals surface area contributed by atoms with E-state index in [2.05, 4.69) is 48.2 Å². The van der Waals surface area contributed by atoms with Gasteiger partial charge in [-0.15, -0.1) is 0 Å². The van der Waals surface area contributed by atoms with E-state index in [0.29, 0.717) is 18.6 Å². The summed E-state index contributed by atoms with van der Waals surface area (Å²) >= 11 is 0. The second kappa shape index (κ2) is 6.47.